The van der Waals surface area contributed by atoms with Gasteiger partial charge in [0.05, 0.1) is 11.8 Å². The maximum atomic E-state index is 11.6. The first-order valence-electron chi connectivity index (χ1n) is 4.00. The van der Waals surface area contributed by atoms with E-state index in [1.54, 1.807) is 18.2 Å². The van der Waals surface area contributed by atoms with E-state index in [4.69, 9.17) is 4.42 Å². The van der Waals surface area contributed by atoms with Crippen molar-refractivity contribution in [2.45, 2.75) is 0 Å². The Bertz CT molecular complexity index is 387. The van der Waals surface area contributed by atoms with Gasteiger partial charge in [-0.15, -0.1) is 0 Å². The van der Waals surface area contributed by atoms with Gasteiger partial charge >= 0.3 is 0 Å². The second-order valence-electron chi connectivity index (χ2n) is 2.71. The van der Waals surface area contributed by atoms with Crippen molar-refractivity contribution < 1.29 is 9.21 Å². The van der Waals surface area contributed by atoms with Gasteiger partial charge in [-0.25, -0.2) is 0 Å². The van der Waals surface area contributed by atoms with Gasteiger partial charge in [-0.3, -0.25) is 4.79 Å². The Kier molecular flexibility index (Phi) is 1.96. The summed E-state index contributed by atoms with van der Waals surface area (Å²) in [6, 6.07) is 10.8. The Labute approximate surface area is 75.8 Å². The molecule has 0 aliphatic carbocycles. The summed E-state index contributed by atoms with van der Waals surface area (Å²) in [5, 5.41) is 0. The molecule has 0 amide bonds. The fourth-order valence-corrected chi connectivity index (χ4v) is 1.15. The molecule has 0 spiro atoms. The van der Waals surface area contributed by atoms with Gasteiger partial charge in [0, 0.05) is 5.56 Å². The van der Waals surface area contributed by atoms with E-state index in [-0.39, 0.29) is 5.78 Å². The highest BCUT2D eigenvalue weighted by molar-refractivity contribution is 6.08. The van der Waals surface area contributed by atoms with E-state index in [1.165, 1.54) is 12.5 Å². The van der Waals surface area contributed by atoms with E-state index in [0.717, 1.165) is 0 Å². The molecule has 13 heavy (non-hydrogen) atoms. The topological polar surface area (TPSA) is 30.2 Å². The standard InChI is InChI=1S/C11H8O2/c12-11(10-6-7-13-8-10)9-4-2-1-3-5-9/h1-8H. The van der Waals surface area contributed by atoms with Gasteiger partial charge in [0.25, 0.3) is 0 Å². The zero-order valence-corrected chi connectivity index (χ0v) is 6.94. The van der Waals surface area contributed by atoms with Crippen molar-refractivity contribution in [3.05, 3.63) is 60.1 Å². The average molecular weight is 172 g/mol. The third-order valence-corrected chi connectivity index (χ3v) is 1.82. The molecule has 2 rings (SSSR count). The molecule has 0 fully saturated rings. The summed E-state index contributed by atoms with van der Waals surface area (Å²) in [5.74, 6) is -0.00523. The average Bonchev–Trinajstić information content (AvgIpc) is 2.71. The van der Waals surface area contributed by atoms with E-state index >= 15 is 0 Å². The molecule has 0 N–H and O–H groups in total. The van der Waals surface area contributed by atoms with Crippen LogP contribution >= 0.6 is 0 Å². The molecule has 0 unspecified atom stereocenters. The maximum Gasteiger partial charge on any atom is 0.196 e. The summed E-state index contributed by atoms with van der Waals surface area (Å²) in [5.41, 5.74) is 1.27. The Hall–Kier alpha value is -1.83. The van der Waals surface area contributed by atoms with Crippen LogP contribution in [-0.4, -0.2) is 5.78 Å². The van der Waals surface area contributed by atoms with Crippen molar-refractivity contribution in [1.29, 1.82) is 0 Å². The molecule has 0 aliphatic rings. The molecule has 0 radical (unpaired) electrons. The van der Waals surface area contributed by atoms with Crippen LogP contribution in [0.2, 0.25) is 0 Å². The highest BCUT2D eigenvalue weighted by Gasteiger charge is 2.08. The highest BCUT2D eigenvalue weighted by Crippen LogP contribution is 2.09. The van der Waals surface area contributed by atoms with Crippen LogP contribution < -0.4 is 0 Å². The van der Waals surface area contributed by atoms with Crippen LogP contribution in [0.4, 0.5) is 0 Å². The fraction of sp³-hybridized carbons (Fsp3) is 0. The van der Waals surface area contributed by atoms with Crippen LogP contribution in [0, 0.1) is 0 Å². The molecule has 0 saturated carbocycles. The molecular weight excluding hydrogens is 164 g/mol. The smallest absolute Gasteiger partial charge is 0.196 e. The molecule has 0 atom stereocenters. The number of furan rings is 1. The van der Waals surface area contributed by atoms with E-state index < -0.39 is 0 Å². The lowest BCUT2D eigenvalue weighted by atomic mass is 10.1. The summed E-state index contributed by atoms with van der Waals surface area (Å²) in [4.78, 5) is 11.6. The van der Waals surface area contributed by atoms with Crippen LogP contribution in [0.3, 0.4) is 0 Å². The Morgan fingerprint density at radius 3 is 2.38 bits per heavy atom. The second-order valence-corrected chi connectivity index (χ2v) is 2.71. The van der Waals surface area contributed by atoms with Gasteiger partial charge in [-0.05, 0) is 6.07 Å². The van der Waals surface area contributed by atoms with Gasteiger partial charge in [-0.2, -0.15) is 0 Å². The van der Waals surface area contributed by atoms with Gasteiger partial charge in [0.15, 0.2) is 5.78 Å². The molecule has 1 aromatic carbocycles. The molecule has 1 heterocycles. The minimum absolute atomic E-state index is 0.00523. The number of hydrogen-bond acceptors (Lipinski definition) is 2. The molecule has 0 bridgehead atoms. The minimum atomic E-state index is -0.00523. The Balaban J connectivity index is 2.34. The predicted molar refractivity (Wildman–Crippen MR) is 48.6 cm³/mol. The van der Waals surface area contributed by atoms with E-state index in [2.05, 4.69) is 0 Å². The molecular formula is C11H8O2. The molecule has 0 aliphatic heterocycles. The van der Waals surface area contributed by atoms with Crippen molar-refractivity contribution in [2.24, 2.45) is 0 Å². The van der Waals surface area contributed by atoms with Crippen LogP contribution in [0.1, 0.15) is 15.9 Å². The molecule has 2 heteroatoms. The fourth-order valence-electron chi connectivity index (χ4n) is 1.15. The van der Waals surface area contributed by atoms with E-state index in [1.807, 2.05) is 18.2 Å². The van der Waals surface area contributed by atoms with Gasteiger partial charge in [-0.1, -0.05) is 30.3 Å². The van der Waals surface area contributed by atoms with Crippen LogP contribution in [0.5, 0.6) is 0 Å². The monoisotopic (exact) mass is 172 g/mol. The predicted octanol–water partition coefficient (Wildman–Crippen LogP) is 2.51. The SMILES string of the molecule is O=C(c1ccccc1)c1ccoc1. The van der Waals surface area contributed by atoms with Crippen LogP contribution in [-0.2, 0) is 0 Å². The van der Waals surface area contributed by atoms with E-state index in [0.29, 0.717) is 11.1 Å². The van der Waals surface area contributed by atoms with Crippen molar-refractivity contribution in [3.63, 3.8) is 0 Å². The summed E-state index contributed by atoms with van der Waals surface area (Å²) in [6.07, 6.45) is 2.95. The van der Waals surface area contributed by atoms with Crippen molar-refractivity contribution in [1.82, 2.24) is 0 Å². The summed E-state index contributed by atoms with van der Waals surface area (Å²) in [6.45, 7) is 0. The summed E-state index contributed by atoms with van der Waals surface area (Å²) in [7, 11) is 0. The zero-order valence-electron chi connectivity index (χ0n) is 6.94. The summed E-state index contributed by atoms with van der Waals surface area (Å²) >= 11 is 0. The Morgan fingerprint density at radius 2 is 1.77 bits per heavy atom. The third kappa shape index (κ3) is 1.51. The quantitative estimate of drug-likeness (QED) is 0.651. The molecule has 64 valence electrons. The van der Waals surface area contributed by atoms with Gasteiger partial charge < -0.3 is 4.42 Å². The van der Waals surface area contributed by atoms with Crippen LogP contribution in [0.25, 0.3) is 0 Å². The minimum Gasteiger partial charge on any atom is -0.472 e. The van der Waals surface area contributed by atoms with Crippen molar-refractivity contribution >= 4 is 5.78 Å². The number of carbonyl (C=O) groups is 1. The largest absolute Gasteiger partial charge is 0.472 e. The van der Waals surface area contributed by atoms with Crippen molar-refractivity contribution in [2.75, 3.05) is 0 Å². The van der Waals surface area contributed by atoms with E-state index in [9.17, 15) is 4.79 Å². The first-order valence-corrected chi connectivity index (χ1v) is 4.00. The van der Waals surface area contributed by atoms with Gasteiger partial charge in [0.2, 0.25) is 0 Å². The highest BCUT2D eigenvalue weighted by atomic mass is 16.3. The normalized spacial score (nSPS) is 9.85. The lowest BCUT2D eigenvalue weighted by Crippen LogP contribution is -1.98. The lowest BCUT2D eigenvalue weighted by molar-refractivity contribution is 0.103. The third-order valence-electron chi connectivity index (χ3n) is 1.82. The number of benzene rings is 1. The second kappa shape index (κ2) is 3.27. The number of ketones is 1. The van der Waals surface area contributed by atoms with Crippen molar-refractivity contribution in [3.8, 4) is 0 Å². The first kappa shape index (κ1) is 7.80. The maximum absolute atomic E-state index is 11.6. The first-order chi connectivity index (χ1) is 6.38. The molecule has 2 nitrogen and oxygen atoms in total. The number of carbonyl (C=O) groups excluding carboxylic acids is 1. The lowest BCUT2D eigenvalue weighted by Gasteiger charge is -1.95. The van der Waals surface area contributed by atoms with Crippen LogP contribution in [0.15, 0.2) is 53.3 Å². The number of rotatable bonds is 2. The summed E-state index contributed by atoms with van der Waals surface area (Å²) < 4.78 is 4.84. The number of hydrogen-bond donors (Lipinski definition) is 0. The van der Waals surface area contributed by atoms with Gasteiger partial charge in [0.1, 0.15) is 6.26 Å². The molecule has 2 aromatic rings. The Morgan fingerprint density at radius 1 is 1.00 bits per heavy atom. The molecule has 1 aromatic heterocycles. The zero-order chi connectivity index (χ0) is 9.10. The molecule has 0 saturated heterocycles.